The van der Waals surface area contributed by atoms with Crippen molar-refractivity contribution in [3.05, 3.63) is 0 Å². The predicted octanol–water partition coefficient (Wildman–Crippen LogP) is 2.20. The van der Waals surface area contributed by atoms with Crippen LogP contribution >= 0.6 is 22.6 Å². The van der Waals surface area contributed by atoms with E-state index in [1.807, 2.05) is 0 Å². The van der Waals surface area contributed by atoms with Crippen LogP contribution in [0.15, 0.2) is 0 Å². The number of alkyl halides is 1. The van der Waals surface area contributed by atoms with E-state index in [0.717, 1.165) is 6.54 Å². The third-order valence-electron chi connectivity index (χ3n) is 0.966. The highest BCUT2D eigenvalue weighted by Crippen LogP contribution is 1.98. The maximum absolute atomic E-state index is 3.42. The molecule has 0 radical (unpaired) electrons. The van der Waals surface area contributed by atoms with Crippen molar-refractivity contribution < 1.29 is 0 Å². The summed E-state index contributed by atoms with van der Waals surface area (Å²) < 4.78 is 1.25. The van der Waals surface area contributed by atoms with Gasteiger partial charge >= 0.3 is 0 Å². The van der Waals surface area contributed by atoms with Crippen molar-refractivity contribution in [1.29, 1.82) is 0 Å². The van der Waals surface area contributed by atoms with E-state index in [1.165, 1.54) is 10.8 Å². The first-order valence-corrected chi connectivity index (χ1v) is 4.90. The molecule has 0 aliphatic heterocycles. The molecule has 0 unspecified atom stereocenters. The smallest absolute Gasteiger partial charge is 0.00965 e. The van der Waals surface area contributed by atoms with E-state index in [0.29, 0.717) is 5.54 Å². The molecule has 1 nitrogen and oxygen atoms in total. The van der Waals surface area contributed by atoms with Crippen LogP contribution in [0.2, 0.25) is 0 Å². The Morgan fingerprint density at radius 1 is 1.33 bits per heavy atom. The quantitative estimate of drug-likeness (QED) is 0.453. The fraction of sp³-hybridized carbons (Fsp3) is 1.00. The van der Waals surface area contributed by atoms with E-state index in [9.17, 15) is 0 Å². The minimum Gasteiger partial charge on any atom is -0.312 e. The Morgan fingerprint density at radius 2 is 1.89 bits per heavy atom. The summed E-state index contributed by atoms with van der Waals surface area (Å²) in [7, 11) is 0. The van der Waals surface area contributed by atoms with Crippen molar-refractivity contribution in [2.45, 2.75) is 32.7 Å². The Morgan fingerprint density at radius 3 is 2.22 bits per heavy atom. The van der Waals surface area contributed by atoms with E-state index in [2.05, 4.69) is 48.7 Å². The fourth-order valence-electron chi connectivity index (χ4n) is 0.530. The number of hydrogen-bond acceptors (Lipinski definition) is 1. The lowest BCUT2D eigenvalue weighted by Crippen LogP contribution is -2.36. The molecule has 0 bridgehead atoms. The lowest BCUT2D eigenvalue weighted by Gasteiger charge is -2.19. The first kappa shape index (κ1) is 9.69. The van der Waals surface area contributed by atoms with Gasteiger partial charge in [0, 0.05) is 9.97 Å². The molecule has 0 aliphatic rings. The molecule has 0 atom stereocenters. The first-order valence-electron chi connectivity index (χ1n) is 3.37. The van der Waals surface area contributed by atoms with Crippen molar-refractivity contribution in [2.24, 2.45) is 0 Å². The minimum atomic E-state index is 0.297. The van der Waals surface area contributed by atoms with Gasteiger partial charge < -0.3 is 5.32 Å². The topological polar surface area (TPSA) is 12.0 Å². The maximum atomic E-state index is 3.42. The Kier molecular flexibility index (Phi) is 4.84. The molecule has 9 heavy (non-hydrogen) atoms. The summed E-state index contributed by atoms with van der Waals surface area (Å²) in [6, 6.07) is 0. The Balaban J connectivity index is 3.07. The van der Waals surface area contributed by atoms with Crippen LogP contribution in [0.1, 0.15) is 27.2 Å². The lowest BCUT2D eigenvalue weighted by molar-refractivity contribution is 0.428. The molecule has 0 fully saturated rings. The summed E-state index contributed by atoms with van der Waals surface area (Å²) in [6.07, 6.45) is 1.28. The van der Waals surface area contributed by atoms with Gasteiger partial charge in [-0.15, -0.1) is 0 Å². The van der Waals surface area contributed by atoms with Gasteiger partial charge in [-0.1, -0.05) is 22.6 Å². The molecule has 0 spiro atoms. The van der Waals surface area contributed by atoms with Crippen LogP contribution in [0.5, 0.6) is 0 Å². The van der Waals surface area contributed by atoms with Gasteiger partial charge in [-0.2, -0.15) is 0 Å². The summed E-state index contributed by atoms with van der Waals surface area (Å²) in [4.78, 5) is 0. The van der Waals surface area contributed by atoms with Crippen LogP contribution < -0.4 is 5.32 Å². The summed E-state index contributed by atoms with van der Waals surface area (Å²) in [5.41, 5.74) is 0.297. The third kappa shape index (κ3) is 8.69. The maximum Gasteiger partial charge on any atom is 0.00965 e. The summed E-state index contributed by atoms with van der Waals surface area (Å²) in [6.45, 7) is 7.73. The number of nitrogens with one attached hydrogen (secondary N) is 1. The van der Waals surface area contributed by atoms with Gasteiger partial charge in [0.1, 0.15) is 0 Å². The van der Waals surface area contributed by atoms with Gasteiger partial charge in [0.2, 0.25) is 0 Å². The molecule has 2 heteroatoms. The largest absolute Gasteiger partial charge is 0.312 e. The Labute approximate surface area is 71.7 Å². The lowest BCUT2D eigenvalue weighted by atomic mass is 10.1. The van der Waals surface area contributed by atoms with Crippen LogP contribution in [0, 0.1) is 0 Å². The third-order valence-corrected chi connectivity index (χ3v) is 1.73. The molecular weight excluding hydrogens is 225 g/mol. The number of hydrogen-bond donors (Lipinski definition) is 1. The number of rotatable bonds is 3. The number of halogens is 1. The first-order chi connectivity index (χ1) is 4.06. The molecule has 0 aliphatic carbocycles. The van der Waals surface area contributed by atoms with Gasteiger partial charge in [-0.3, -0.25) is 0 Å². The highest BCUT2D eigenvalue weighted by atomic mass is 127. The highest BCUT2D eigenvalue weighted by Gasteiger charge is 2.06. The van der Waals surface area contributed by atoms with Crippen molar-refractivity contribution in [3.63, 3.8) is 0 Å². The van der Waals surface area contributed by atoms with Crippen molar-refractivity contribution in [3.8, 4) is 0 Å². The molecule has 0 aromatic carbocycles. The molecule has 56 valence electrons. The molecule has 0 amide bonds. The average molecular weight is 241 g/mol. The standard InChI is InChI=1S/C7H16IN/c1-7(2,3)9-6-4-5-8/h9H,4-6H2,1-3H3. The normalized spacial score (nSPS) is 12.0. The summed E-state index contributed by atoms with van der Waals surface area (Å²) in [5.74, 6) is 0. The van der Waals surface area contributed by atoms with Crippen LogP contribution in [0.4, 0.5) is 0 Å². The van der Waals surface area contributed by atoms with Gasteiger partial charge in [0.15, 0.2) is 0 Å². The summed E-state index contributed by atoms with van der Waals surface area (Å²) >= 11 is 2.40. The van der Waals surface area contributed by atoms with E-state index in [4.69, 9.17) is 0 Å². The second kappa shape index (κ2) is 4.50. The molecule has 0 saturated heterocycles. The fourth-order valence-corrected chi connectivity index (χ4v) is 0.912. The SMILES string of the molecule is CC(C)(C)NCCCI. The summed E-state index contributed by atoms with van der Waals surface area (Å²) in [5, 5.41) is 3.42. The predicted molar refractivity (Wildman–Crippen MR) is 51.3 cm³/mol. The van der Waals surface area contributed by atoms with Crippen LogP contribution in [0.25, 0.3) is 0 Å². The molecule has 1 N–H and O–H groups in total. The zero-order valence-electron chi connectivity index (χ0n) is 6.50. The zero-order valence-corrected chi connectivity index (χ0v) is 8.66. The monoisotopic (exact) mass is 241 g/mol. The van der Waals surface area contributed by atoms with Gasteiger partial charge in [-0.25, -0.2) is 0 Å². The van der Waals surface area contributed by atoms with Crippen molar-refractivity contribution in [2.75, 3.05) is 11.0 Å². The van der Waals surface area contributed by atoms with E-state index in [1.54, 1.807) is 0 Å². The highest BCUT2D eigenvalue weighted by molar-refractivity contribution is 14.1. The molecule has 0 rings (SSSR count). The van der Waals surface area contributed by atoms with Gasteiger partial charge in [-0.05, 0) is 33.7 Å². The second-order valence-corrected chi connectivity index (χ2v) is 4.30. The average Bonchev–Trinajstić information content (AvgIpc) is 1.63. The van der Waals surface area contributed by atoms with E-state index < -0.39 is 0 Å². The molecule has 0 heterocycles. The van der Waals surface area contributed by atoms with Gasteiger partial charge in [0.05, 0.1) is 0 Å². The van der Waals surface area contributed by atoms with Crippen LogP contribution in [-0.2, 0) is 0 Å². The van der Waals surface area contributed by atoms with Crippen molar-refractivity contribution >= 4 is 22.6 Å². The zero-order chi connectivity index (χ0) is 7.33. The Hall–Kier alpha value is 0.690. The molecular formula is C7H16IN. The molecule has 0 saturated carbocycles. The van der Waals surface area contributed by atoms with E-state index in [-0.39, 0.29) is 0 Å². The van der Waals surface area contributed by atoms with E-state index >= 15 is 0 Å². The molecule has 0 aromatic rings. The van der Waals surface area contributed by atoms with Crippen LogP contribution in [0.3, 0.4) is 0 Å². The Bertz CT molecular complexity index is 65.8. The minimum absolute atomic E-state index is 0.297. The van der Waals surface area contributed by atoms with Gasteiger partial charge in [0.25, 0.3) is 0 Å². The van der Waals surface area contributed by atoms with Crippen LogP contribution in [-0.4, -0.2) is 16.5 Å². The van der Waals surface area contributed by atoms with Crippen molar-refractivity contribution in [1.82, 2.24) is 5.32 Å². The molecule has 0 aromatic heterocycles. The second-order valence-electron chi connectivity index (χ2n) is 3.22.